The molecular formula is C22H20N6O3S. The van der Waals surface area contributed by atoms with Crippen molar-refractivity contribution in [2.24, 2.45) is 10.2 Å². The highest BCUT2D eigenvalue weighted by Gasteiger charge is 2.06. The summed E-state index contributed by atoms with van der Waals surface area (Å²) >= 11 is 5.14. The molecule has 9 nitrogen and oxygen atoms in total. The summed E-state index contributed by atoms with van der Waals surface area (Å²) in [5.74, 6) is -0.255. The van der Waals surface area contributed by atoms with Crippen molar-refractivity contribution in [1.82, 2.24) is 10.6 Å². The molecule has 162 valence electrons. The first-order chi connectivity index (χ1) is 15.5. The number of nitrogens with one attached hydrogen (secondary N) is 3. The van der Waals surface area contributed by atoms with Crippen molar-refractivity contribution in [3.8, 4) is 0 Å². The number of non-ortho nitro benzene ring substituents is 1. The number of anilines is 1. The van der Waals surface area contributed by atoms with E-state index in [4.69, 9.17) is 12.2 Å². The van der Waals surface area contributed by atoms with E-state index in [0.717, 1.165) is 5.69 Å². The number of thiocarbonyl (C=S) groups is 1. The molecule has 0 bridgehead atoms. The third-order valence-electron chi connectivity index (χ3n) is 4.21. The van der Waals surface area contributed by atoms with E-state index in [2.05, 4.69) is 26.2 Å². The number of benzene rings is 3. The van der Waals surface area contributed by atoms with E-state index in [1.54, 1.807) is 36.4 Å². The van der Waals surface area contributed by atoms with Crippen molar-refractivity contribution in [2.75, 3.05) is 18.4 Å². The number of hydrogen-bond acceptors (Lipinski definition) is 7. The Kier molecular flexibility index (Phi) is 7.93. The van der Waals surface area contributed by atoms with E-state index in [1.807, 2.05) is 18.2 Å². The Morgan fingerprint density at radius 1 is 0.875 bits per heavy atom. The number of hydrogen-bond donors (Lipinski definition) is 3. The van der Waals surface area contributed by atoms with Crippen molar-refractivity contribution < 1.29 is 9.72 Å². The topological polar surface area (TPSA) is 121 Å². The van der Waals surface area contributed by atoms with Gasteiger partial charge in [-0.05, 0) is 60.7 Å². The monoisotopic (exact) mass is 448 g/mol. The number of rotatable bonds is 8. The molecule has 0 heterocycles. The first-order valence-electron chi connectivity index (χ1n) is 9.65. The maximum Gasteiger partial charge on any atom is 0.269 e. The Balaban J connectivity index is 1.39. The molecule has 0 fully saturated rings. The number of nitro groups is 1. The number of carbonyl (C=O) groups excluding carboxylic acids is 1. The predicted molar refractivity (Wildman–Crippen MR) is 127 cm³/mol. The zero-order valence-corrected chi connectivity index (χ0v) is 17.7. The van der Waals surface area contributed by atoms with Crippen LogP contribution in [-0.2, 0) is 0 Å². The Hall–Kier alpha value is -4.18. The first kappa shape index (κ1) is 22.5. The highest BCUT2D eigenvalue weighted by molar-refractivity contribution is 7.80. The van der Waals surface area contributed by atoms with Gasteiger partial charge in [-0.1, -0.05) is 18.2 Å². The van der Waals surface area contributed by atoms with Gasteiger partial charge in [0.1, 0.15) is 0 Å². The number of nitro benzene ring substituents is 1. The van der Waals surface area contributed by atoms with Crippen LogP contribution in [0.25, 0.3) is 0 Å². The summed E-state index contributed by atoms with van der Waals surface area (Å²) in [7, 11) is 0. The normalized spacial score (nSPS) is 10.5. The molecule has 3 rings (SSSR count). The van der Waals surface area contributed by atoms with E-state index < -0.39 is 4.92 Å². The van der Waals surface area contributed by atoms with Gasteiger partial charge in [-0.2, -0.15) is 10.2 Å². The summed E-state index contributed by atoms with van der Waals surface area (Å²) < 4.78 is 0. The van der Waals surface area contributed by atoms with Gasteiger partial charge in [-0.3, -0.25) is 20.2 Å². The molecular weight excluding hydrogens is 428 g/mol. The van der Waals surface area contributed by atoms with E-state index in [1.165, 1.54) is 24.3 Å². The molecule has 0 aliphatic carbocycles. The van der Waals surface area contributed by atoms with E-state index >= 15 is 0 Å². The fourth-order valence-electron chi connectivity index (χ4n) is 2.59. The van der Waals surface area contributed by atoms with Gasteiger partial charge < -0.3 is 10.6 Å². The lowest BCUT2D eigenvalue weighted by molar-refractivity contribution is -0.384. The highest BCUT2D eigenvalue weighted by Crippen LogP contribution is 2.22. The van der Waals surface area contributed by atoms with Gasteiger partial charge in [-0.15, -0.1) is 0 Å². The van der Waals surface area contributed by atoms with Crippen LogP contribution in [-0.4, -0.2) is 29.0 Å². The molecule has 3 aromatic carbocycles. The van der Waals surface area contributed by atoms with E-state index in [-0.39, 0.29) is 16.7 Å². The lowest BCUT2D eigenvalue weighted by Crippen LogP contribution is -2.41. The molecule has 0 atom stereocenters. The van der Waals surface area contributed by atoms with Crippen LogP contribution in [0.4, 0.5) is 22.7 Å². The smallest absolute Gasteiger partial charge is 0.269 e. The number of nitrogens with zero attached hydrogens (tertiary/aromatic N) is 3. The Morgan fingerprint density at radius 3 is 2.06 bits per heavy atom. The molecule has 0 aliphatic heterocycles. The second-order valence-corrected chi connectivity index (χ2v) is 6.93. The molecule has 32 heavy (non-hydrogen) atoms. The summed E-state index contributed by atoms with van der Waals surface area (Å²) in [5, 5.41) is 28.0. The molecule has 0 radical (unpaired) electrons. The summed E-state index contributed by atoms with van der Waals surface area (Å²) in [4.78, 5) is 22.2. The number of carbonyl (C=O) groups is 1. The van der Waals surface area contributed by atoms with Gasteiger partial charge >= 0.3 is 0 Å². The highest BCUT2D eigenvalue weighted by atomic mass is 32.1. The fraction of sp³-hybridized carbons (Fsp3) is 0.0909. The quantitative estimate of drug-likeness (QED) is 0.151. The van der Waals surface area contributed by atoms with Crippen molar-refractivity contribution in [1.29, 1.82) is 0 Å². The minimum atomic E-state index is -0.462. The van der Waals surface area contributed by atoms with Crippen LogP contribution in [0, 0.1) is 10.1 Å². The van der Waals surface area contributed by atoms with Crippen LogP contribution in [0.5, 0.6) is 0 Å². The van der Waals surface area contributed by atoms with Gasteiger partial charge in [0.05, 0.1) is 16.3 Å². The van der Waals surface area contributed by atoms with Crippen molar-refractivity contribution >= 4 is 46.0 Å². The first-order valence-corrected chi connectivity index (χ1v) is 10.1. The molecule has 3 aromatic rings. The van der Waals surface area contributed by atoms with Crippen LogP contribution in [0.1, 0.15) is 10.4 Å². The number of amides is 1. The number of azo groups is 1. The van der Waals surface area contributed by atoms with Crippen molar-refractivity contribution in [3.05, 3.63) is 94.5 Å². The summed E-state index contributed by atoms with van der Waals surface area (Å²) in [5.41, 5.74) is 2.62. The summed E-state index contributed by atoms with van der Waals surface area (Å²) in [6.45, 7) is 1.11. The third-order valence-corrected chi connectivity index (χ3v) is 4.46. The largest absolute Gasteiger partial charge is 0.383 e. The molecule has 10 heteroatoms. The van der Waals surface area contributed by atoms with Crippen LogP contribution in [0.2, 0.25) is 0 Å². The average Bonchev–Trinajstić information content (AvgIpc) is 2.82. The average molecular weight is 449 g/mol. The van der Waals surface area contributed by atoms with Gasteiger partial charge in [0, 0.05) is 36.5 Å². The zero-order valence-electron chi connectivity index (χ0n) is 16.9. The van der Waals surface area contributed by atoms with Gasteiger partial charge in [0.25, 0.3) is 11.6 Å². The molecule has 0 aromatic heterocycles. The predicted octanol–water partition coefficient (Wildman–Crippen LogP) is 4.73. The molecule has 0 unspecified atom stereocenters. The van der Waals surface area contributed by atoms with Crippen LogP contribution in [0.3, 0.4) is 0 Å². The zero-order chi connectivity index (χ0) is 22.8. The maximum absolute atomic E-state index is 12.0. The Bertz CT molecular complexity index is 1100. The lowest BCUT2D eigenvalue weighted by atomic mass is 10.2. The minimum absolute atomic E-state index is 0.00760. The third kappa shape index (κ3) is 6.96. The van der Waals surface area contributed by atoms with Gasteiger partial charge in [0.2, 0.25) is 0 Å². The second kappa shape index (κ2) is 11.3. The molecule has 0 saturated heterocycles. The van der Waals surface area contributed by atoms with E-state index in [9.17, 15) is 14.9 Å². The maximum atomic E-state index is 12.0. The summed E-state index contributed by atoms with van der Waals surface area (Å²) in [6, 6.07) is 22.0. The van der Waals surface area contributed by atoms with Crippen LogP contribution >= 0.6 is 12.2 Å². The van der Waals surface area contributed by atoms with Gasteiger partial charge in [-0.25, -0.2) is 0 Å². The Morgan fingerprint density at radius 2 is 1.47 bits per heavy atom. The molecule has 0 aliphatic rings. The molecule has 3 N–H and O–H groups in total. The van der Waals surface area contributed by atoms with Crippen LogP contribution < -0.4 is 16.0 Å². The van der Waals surface area contributed by atoms with Crippen LogP contribution in [0.15, 0.2) is 89.1 Å². The van der Waals surface area contributed by atoms with Crippen molar-refractivity contribution in [2.45, 2.75) is 0 Å². The SMILES string of the molecule is O=C(NC(=S)NCCNc1ccc(N=Nc2ccc([N+](=O)[O-])cc2)cc1)c1ccccc1. The van der Waals surface area contributed by atoms with E-state index in [0.29, 0.717) is 30.0 Å². The molecule has 1 amide bonds. The molecule has 0 saturated carbocycles. The standard InChI is InChI=1S/C22H20N6O3S/c29-21(16-4-2-1-3-5-16)25-22(32)24-15-14-23-17-6-8-18(9-7-17)26-27-19-10-12-20(13-11-19)28(30)31/h1-13,23H,14-15H2,(H2,24,25,29,32). The minimum Gasteiger partial charge on any atom is -0.383 e. The Labute approximate surface area is 189 Å². The molecule has 0 spiro atoms. The fourth-order valence-corrected chi connectivity index (χ4v) is 2.79. The van der Waals surface area contributed by atoms with Crippen molar-refractivity contribution in [3.63, 3.8) is 0 Å². The van der Waals surface area contributed by atoms with Gasteiger partial charge in [0.15, 0.2) is 5.11 Å². The lowest BCUT2D eigenvalue weighted by Gasteiger charge is -2.11. The second-order valence-electron chi connectivity index (χ2n) is 6.52. The summed E-state index contributed by atoms with van der Waals surface area (Å²) in [6.07, 6.45) is 0.